The zero-order valence-corrected chi connectivity index (χ0v) is 19.4. The molecule has 3 heterocycles. The van der Waals surface area contributed by atoms with Gasteiger partial charge in [-0.15, -0.1) is 22.7 Å². The van der Waals surface area contributed by atoms with E-state index in [4.69, 9.17) is 14.8 Å². The van der Waals surface area contributed by atoms with Gasteiger partial charge in [0.2, 0.25) is 5.13 Å². The number of hydrazone groups is 1. The minimum Gasteiger partial charge on any atom is -0.497 e. The lowest BCUT2D eigenvalue weighted by atomic mass is 10.0. The molecule has 0 spiro atoms. The van der Waals surface area contributed by atoms with Crippen LogP contribution in [0.15, 0.2) is 81.0 Å². The van der Waals surface area contributed by atoms with Crippen LogP contribution in [0.5, 0.6) is 5.75 Å². The number of hydrogen-bond acceptors (Lipinski definition) is 6. The number of anilines is 1. The molecule has 0 bridgehead atoms. The lowest BCUT2D eigenvalue weighted by Crippen LogP contribution is -2.17. The Morgan fingerprint density at radius 3 is 2.47 bits per heavy atom. The van der Waals surface area contributed by atoms with Gasteiger partial charge in [-0.1, -0.05) is 34.1 Å². The molecule has 1 atom stereocenters. The summed E-state index contributed by atoms with van der Waals surface area (Å²) in [6, 6.07) is 20.8. The third kappa shape index (κ3) is 3.80. The highest BCUT2D eigenvalue weighted by atomic mass is 79.9. The van der Waals surface area contributed by atoms with Crippen molar-refractivity contribution in [2.75, 3.05) is 12.1 Å². The second-order valence-electron chi connectivity index (χ2n) is 6.88. The summed E-state index contributed by atoms with van der Waals surface area (Å²) >= 11 is 6.91. The van der Waals surface area contributed by atoms with E-state index in [0.717, 1.165) is 44.3 Å². The van der Waals surface area contributed by atoms with E-state index in [1.54, 1.807) is 29.8 Å². The fraction of sp³-hybridized carbons (Fsp3) is 0.130. The van der Waals surface area contributed by atoms with E-state index in [9.17, 15) is 0 Å². The lowest BCUT2D eigenvalue weighted by molar-refractivity contribution is 0.415. The van der Waals surface area contributed by atoms with Crippen LogP contribution in [-0.2, 0) is 0 Å². The smallest absolute Gasteiger partial charge is 0.207 e. The summed E-state index contributed by atoms with van der Waals surface area (Å²) in [6.07, 6.45) is 0.861. The highest BCUT2D eigenvalue weighted by Gasteiger charge is 2.32. The molecule has 1 aliphatic heterocycles. The molecule has 2 aromatic heterocycles. The fourth-order valence-electron chi connectivity index (χ4n) is 3.47. The Hall–Kier alpha value is -2.48. The maximum absolute atomic E-state index is 5.26. The molecule has 5 rings (SSSR count). The van der Waals surface area contributed by atoms with Crippen LogP contribution in [0.3, 0.4) is 0 Å². The number of aromatic nitrogens is 1. The minimum absolute atomic E-state index is 0.165. The summed E-state index contributed by atoms with van der Waals surface area (Å²) in [5.74, 6) is 0.843. The molecule has 0 fully saturated rings. The molecule has 150 valence electrons. The molecule has 1 aliphatic rings. The summed E-state index contributed by atoms with van der Waals surface area (Å²) in [7, 11) is 1.68. The SMILES string of the molecule is COc1ccc(-c2csc(N3N=C(c4ccc(Br)cc4)CC3c3cccs3)n2)cc1. The van der Waals surface area contributed by atoms with Gasteiger partial charge in [0.25, 0.3) is 0 Å². The number of thiophene rings is 1. The van der Waals surface area contributed by atoms with Crippen molar-refractivity contribution < 1.29 is 4.74 Å². The monoisotopic (exact) mass is 495 g/mol. The van der Waals surface area contributed by atoms with E-state index in [-0.39, 0.29) is 6.04 Å². The van der Waals surface area contributed by atoms with Crippen LogP contribution in [0.25, 0.3) is 11.3 Å². The van der Waals surface area contributed by atoms with Gasteiger partial charge in [-0.3, -0.25) is 0 Å². The third-order valence-electron chi connectivity index (χ3n) is 5.03. The van der Waals surface area contributed by atoms with Crippen LogP contribution in [0.2, 0.25) is 0 Å². The molecule has 0 N–H and O–H groups in total. The first-order chi connectivity index (χ1) is 14.7. The highest BCUT2D eigenvalue weighted by molar-refractivity contribution is 9.10. The number of nitrogens with zero attached hydrogens (tertiary/aromatic N) is 3. The van der Waals surface area contributed by atoms with Crippen molar-refractivity contribution >= 4 is 49.4 Å². The quantitative estimate of drug-likeness (QED) is 0.299. The van der Waals surface area contributed by atoms with Crippen LogP contribution >= 0.6 is 38.6 Å². The van der Waals surface area contributed by atoms with E-state index in [2.05, 4.69) is 68.1 Å². The molecule has 0 radical (unpaired) electrons. The largest absolute Gasteiger partial charge is 0.497 e. The highest BCUT2D eigenvalue weighted by Crippen LogP contribution is 2.40. The van der Waals surface area contributed by atoms with Crippen molar-refractivity contribution in [3.05, 3.63) is 86.3 Å². The molecule has 4 aromatic rings. The van der Waals surface area contributed by atoms with Crippen molar-refractivity contribution in [2.24, 2.45) is 5.10 Å². The molecule has 0 saturated carbocycles. The van der Waals surface area contributed by atoms with Gasteiger partial charge in [-0.05, 0) is 53.4 Å². The summed E-state index contributed by atoms with van der Waals surface area (Å²) in [5.41, 5.74) is 4.26. The number of halogens is 1. The van der Waals surface area contributed by atoms with Gasteiger partial charge in [0.15, 0.2) is 0 Å². The first-order valence-corrected chi connectivity index (χ1v) is 12.0. The lowest BCUT2D eigenvalue weighted by Gasteiger charge is -2.19. The van der Waals surface area contributed by atoms with Gasteiger partial charge in [0, 0.05) is 26.7 Å². The van der Waals surface area contributed by atoms with Gasteiger partial charge in [0.1, 0.15) is 5.75 Å². The Morgan fingerprint density at radius 2 is 1.77 bits per heavy atom. The Labute approximate surface area is 191 Å². The van der Waals surface area contributed by atoms with E-state index in [1.165, 1.54) is 4.88 Å². The second-order valence-corrected chi connectivity index (χ2v) is 9.61. The van der Waals surface area contributed by atoms with Gasteiger partial charge in [0.05, 0.1) is 24.6 Å². The number of methoxy groups -OCH3 is 1. The van der Waals surface area contributed by atoms with Crippen LogP contribution < -0.4 is 9.75 Å². The van der Waals surface area contributed by atoms with Crippen molar-refractivity contribution in [3.63, 3.8) is 0 Å². The van der Waals surface area contributed by atoms with Gasteiger partial charge >= 0.3 is 0 Å². The standard InChI is InChI=1S/C23H18BrN3OS2/c1-28-18-10-6-16(7-11-18)20-14-30-23(25-20)27-21(22-3-2-12-29-22)13-19(26-27)15-4-8-17(24)9-5-15/h2-12,14,21H,13H2,1H3. The van der Waals surface area contributed by atoms with Crippen molar-refractivity contribution in [3.8, 4) is 17.0 Å². The summed E-state index contributed by atoms with van der Waals surface area (Å²) in [5, 5.41) is 12.2. The number of benzene rings is 2. The first-order valence-electron chi connectivity index (χ1n) is 9.47. The number of rotatable bonds is 5. The summed E-state index contributed by atoms with van der Waals surface area (Å²) in [6.45, 7) is 0. The number of ether oxygens (including phenoxy) is 1. The molecule has 1 unspecified atom stereocenters. The van der Waals surface area contributed by atoms with Gasteiger partial charge < -0.3 is 4.74 Å². The van der Waals surface area contributed by atoms with E-state index in [0.29, 0.717) is 0 Å². The maximum Gasteiger partial charge on any atom is 0.207 e. The minimum atomic E-state index is 0.165. The molecule has 30 heavy (non-hydrogen) atoms. The Kier molecular flexibility index (Phi) is 5.41. The molecule has 7 heteroatoms. The summed E-state index contributed by atoms with van der Waals surface area (Å²) in [4.78, 5) is 6.21. The third-order valence-corrected chi connectivity index (χ3v) is 7.37. The summed E-state index contributed by atoms with van der Waals surface area (Å²) < 4.78 is 6.33. The molecule has 0 saturated heterocycles. The molecule has 2 aromatic carbocycles. The Morgan fingerprint density at radius 1 is 1.00 bits per heavy atom. The van der Waals surface area contributed by atoms with E-state index < -0.39 is 0 Å². The maximum atomic E-state index is 5.26. The fourth-order valence-corrected chi connectivity index (χ4v) is 5.38. The average Bonchev–Trinajstić information content (AvgIpc) is 3.54. The van der Waals surface area contributed by atoms with Gasteiger partial charge in [-0.2, -0.15) is 5.10 Å². The van der Waals surface area contributed by atoms with E-state index >= 15 is 0 Å². The second kappa shape index (κ2) is 8.34. The predicted octanol–water partition coefficient (Wildman–Crippen LogP) is 7.00. The zero-order valence-electron chi connectivity index (χ0n) is 16.2. The van der Waals surface area contributed by atoms with Crippen LogP contribution in [0.4, 0.5) is 5.13 Å². The van der Waals surface area contributed by atoms with Crippen LogP contribution in [-0.4, -0.2) is 17.8 Å². The average molecular weight is 496 g/mol. The normalized spacial score (nSPS) is 16.0. The molecular weight excluding hydrogens is 478 g/mol. The molecule has 0 amide bonds. The Bertz CT molecular complexity index is 1170. The predicted molar refractivity (Wildman–Crippen MR) is 129 cm³/mol. The Balaban J connectivity index is 1.49. The number of thiazole rings is 1. The molecular formula is C23H18BrN3OS2. The van der Waals surface area contributed by atoms with Crippen molar-refractivity contribution in [2.45, 2.75) is 12.5 Å². The van der Waals surface area contributed by atoms with E-state index in [1.807, 2.05) is 24.3 Å². The van der Waals surface area contributed by atoms with Crippen molar-refractivity contribution in [1.82, 2.24) is 4.98 Å². The first kappa shape index (κ1) is 19.5. The van der Waals surface area contributed by atoms with Crippen LogP contribution in [0, 0.1) is 0 Å². The van der Waals surface area contributed by atoms with Crippen LogP contribution in [0.1, 0.15) is 22.9 Å². The molecule has 4 nitrogen and oxygen atoms in total. The molecule has 0 aliphatic carbocycles. The topological polar surface area (TPSA) is 37.7 Å². The van der Waals surface area contributed by atoms with Crippen molar-refractivity contribution in [1.29, 1.82) is 0 Å². The zero-order chi connectivity index (χ0) is 20.5. The van der Waals surface area contributed by atoms with Gasteiger partial charge in [-0.25, -0.2) is 9.99 Å². The number of hydrogen-bond donors (Lipinski definition) is 0.